The topological polar surface area (TPSA) is 35.2 Å². The van der Waals surface area contributed by atoms with Gasteiger partial charge in [0, 0.05) is 19.8 Å². The summed E-state index contributed by atoms with van der Waals surface area (Å²) in [5, 5.41) is 0. The Balaban J connectivity index is 3.57. The first kappa shape index (κ1) is 13.9. The van der Waals surface area contributed by atoms with Gasteiger partial charge in [-0.05, 0) is 24.7 Å². The van der Waals surface area contributed by atoms with Gasteiger partial charge in [-0.15, -0.1) is 0 Å². The van der Waals surface area contributed by atoms with Crippen LogP contribution < -0.4 is 5.73 Å². The van der Waals surface area contributed by atoms with Crippen molar-refractivity contribution in [3.63, 3.8) is 0 Å². The van der Waals surface area contributed by atoms with Crippen molar-refractivity contribution in [2.75, 3.05) is 13.7 Å². The first-order chi connectivity index (χ1) is 6.60. The smallest absolute Gasteiger partial charge is 0.0488 e. The highest BCUT2D eigenvalue weighted by Crippen LogP contribution is 2.16. The van der Waals surface area contributed by atoms with Gasteiger partial charge in [-0.2, -0.15) is 0 Å². The normalized spacial score (nSPS) is 17.8. The Kier molecular flexibility index (Phi) is 8.20. The Morgan fingerprint density at radius 2 is 1.71 bits per heavy atom. The maximum Gasteiger partial charge on any atom is 0.0488 e. The van der Waals surface area contributed by atoms with Gasteiger partial charge in [0.2, 0.25) is 0 Å². The SMILES string of the molecule is CCCC(C)CC(N)CC(C)COC. The van der Waals surface area contributed by atoms with E-state index in [1.807, 2.05) is 0 Å². The van der Waals surface area contributed by atoms with Gasteiger partial charge in [-0.25, -0.2) is 0 Å². The average molecular weight is 201 g/mol. The van der Waals surface area contributed by atoms with E-state index >= 15 is 0 Å². The van der Waals surface area contributed by atoms with Crippen LogP contribution in [-0.2, 0) is 4.74 Å². The Morgan fingerprint density at radius 3 is 2.21 bits per heavy atom. The molecule has 0 saturated heterocycles. The predicted molar refractivity (Wildman–Crippen MR) is 62.3 cm³/mol. The first-order valence-corrected chi connectivity index (χ1v) is 5.84. The lowest BCUT2D eigenvalue weighted by Crippen LogP contribution is -2.26. The van der Waals surface area contributed by atoms with Gasteiger partial charge in [0.25, 0.3) is 0 Å². The summed E-state index contributed by atoms with van der Waals surface area (Å²) >= 11 is 0. The molecular formula is C12H27NO. The molecule has 0 amide bonds. The van der Waals surface area contributed by atoms with Gasteiger partial charge in [0.1, 0.15) is 0 Å². The van der Waals surface area contributed by atoms with Crippen LogP contribution in [0.4, 0.5) is 0 Å². The summed E-state index contributed by atoms with van der Waals surface area (Å²) in [4.78, 5) is 0. The number of methoxy groups -OCH3 is 1. The molecule has 0 radical (unpaired) electrons. The summed E-state index contributed by atoms with van der Waals surface area (Å²) in [6.07, 6.45) is 4.80. The van der Waals surface area contributed by atoms with Crippen molar-refractivity contribution in [3.8, 4) is 0 Å². The van der Waals surface area contributed by atoms with E-state index in [1.165, 1.54) is 12.8 Å². The van der Waals surface area contributed by atoms with Gasteiger partial charge in [0.15, 0.2) is 0 Å². The third kappa shape index (κ3) is 7.34. The van der Waals surface area contributed by atoms with E-state index < -0.39 is 0 Å². The van der Waals surface area contributed by atoms with E-state index in [0.717, 1.165) is 25.4 Å². The standard InChI is InChI=1S/C12H27NO/c1-5-6-10(2)7-12(13)8-11(3)9-14-4/h10-12H,5-9,13H2,1-4H3. The quantitative estimate of drug-likeness (QED) is 0.655. The minimum absolute atomic E-state index is 0.349. The Hall–Kier alpha value is -0.0800. The molecule has 0 spiro atoms. The summed E-state index contributed by atoms with van der Waals surface area (Å²) in [7, 11) is 1.75. The molecule has 0 aromatic carbocycles. The van der Waals surface area contributed by atoms with Crippen molar-refractivity contribution in [3.05, 3.63) is 0 Å². The molecule has 2 nitrogen and oxygen atoms in total. The number of rotatable bonds is 8. The number of nitrogens with two attached hydrogens (primary N) is 1. The van der Waals surface area contributed by atoms with Crippen LogP contribution in [-0.4, -0.2) is 19.8 Å². The maximum atomic E-state index is 6.08. The second-order valence-corrected chi connectivity index (χ2v) is 4.69. The van der Waals surface area contributed by atoms with Crippen molar-refractivity contribution in [1.82, 2.24) is 0 Å². The maximum absolute atomic E-state index is 6.08. The highest BCUT2D eigenvalue weighted by atomic mass is 16.5. The van der Waals surface area contributed by atoms with Gasteiger partial charge in [-0.1, -0.05) is 33.6 Å². The summed E-state index contributed by atoms with van der Waals surface area (Å²) < 4.78 is 5.10. The first-order valence-electron chi connectivity index (χ1n) is 5.84. The molecule has 3 unspecified atom stereocenters. The molecule has 0 aliphatic carbocycles. The second kappa shape index (κ2) is 8.25. The van der Waals surface area contributed by atoms with Crippen LogP contribution in [0.25, 0.3) is 0 Å². The largest absolute Gasteiger partial charge is 0.384 e. The van der Waals surface area contributed by atoms with Crippen molar-refractivity contribution >= 4 is 0 Å². The van der Waals surface area contributed by atoms with Crippen molar-refractivity contribution < 1.29 is 4.74 Å². The van der Waals surface area contributed by atoms with E-state index in [1.54, 1.807) is 7.11 Å². The molecule has 14 heavy (non-hydrogen) atoms. The fourth-order valence-electron chi connectivity index (χ4n) is 2.09. The summed E-state index contributed by atoms with van der Waals surface area (Å²) in [6, 6.07) is 0.349. The Labute approximate surface area is 89.2 Å². The molecule has 0 aliphatic heterocycles. The van der Waals surface area contributed by atoms with E-state index in [-0.39, 0.29) is 0 Å². The monoisotopic (exact) mass is 201 g/mol. The van der Waals surface area contributed by atoms with E-state index in [4.69, 9.17) is 10.5 Å². The molecule has 86 valence electrons. The molecule has 0 aliphatic rings. The fourth-order valence-corrected chi connectivity index (χ4v) is 2.09. The molecular weight excluding hydrogens is 174 g/mol. The average Bonchev–Trinajstić information content (AvgIpc) is 2.03. The van der Waals surface area contributed by atoms with Crippen LogP contribution in [0.15, 0.2) is 0 Å². The number of ether oxygens (including phenoxy) is 1. The minimum Gasteiger partial charge on any atom is -0.384 e. The van der Waals surface area contributed by atoms with Crippen LogP contribution in [0, 0.1) is 11.8 Å². The molecule has 0 heterocycles. The van der Waals surface area contributed by atoms with Crippen LogP contribution in [0.2, 0.25) is 0 Å². The summed E-state index contributed by atoms with van der Waals surface area (Å²) in [5.41, 5.74) is 6.08. The third-order valence-corrected chi connectivity index (χ3v) is 2.64. The van der Waals surface area contributed by atoms with Gasteiger partial charge in [0.05, 0.1) is 0 Å². The van der Waals surface area contributed by atoms with Crippen LogP contribution in [0.3, 0.4) is 0 Å². The van der Waals surface area contributed by atoms with E-state index in [0.29, 0.717) is 12.0 Å². The van der Waals surface area contributed by atoms with Crippen LogP contribution in [0.1, 0.15) is 46.5 Å². The van der Waals surface area contributed by atoms with Gasteiger partial charge >= 0.3 is 0 Å². The molecule has 0 aromatic heterocycles. The van der Waals surface area contributed by atoms with Crippen molar-refractivity contribution in [2.24, 2.45) is 17.6 Å². The fraction of sp³-hybridized carbons (Fsp3) is 1.00. The lowest BCUT2D eigenvalue weighted by Gasteiger charge is -2.19. The predicted octanol–water partition coefficient (Wildman–Crippen LogP) is 2.81. The highest BCUT2D eigenvalue weighted by molar-refractivity contribution is 4.68. The van der Waals surface area contributed by atoms with Gasteiger partial charge in [-0.3, -0.25) is 0 Å². The lowest BCUT2D eigenvalue weighted by atomic mass is 9.92. The van der Waals surface area contributed by atoms with Crippen molar-refractivity contribution in [2.45, 2.75) is 52.5 Å². The molecule has 0 bridgehead atoms. The second-order valence-electron chi connectivity index (χ2n) is 4.69. The zero-order chi connectivity index (χ0) is 11.0. The minimum atomic E-state index is 0.349. The molecule has 0 saturated carbocycles. The summed E-state index contributed by atoms with van der Waals surface area (Å²) in [6.45, 7) is 7.56. The van der Waals surface area contributed by atoms with Crippen LogP contribution in [0.5, 0.6) is 0 Å². The molecule has 0 rings (SSSR count). The Morgan fingerprint density at radius 1 is 1.14 bits per heavy atom. The molecule has 2 heteroatoms. The van der Waals surface area contributed by atoms with E-state index in [9.17, 15) is 0 Å². The Bertz CT molecular complexity index is 113. The third-order valence-electron chi connectivity index (χ3n) is 2.64. The zero-order valence-corrected chi connectivity index (χ0v) is 10.3. The van der Waals surface area contributed by atoms with Gasteiger partial charge < -0.3 is 10.5 Å². The zero-order valence-electron chi connectivity index (χ0n) is 10.3. The van der Waals surface area contributed by atoms with Crippen molar-refractivity contribution in [1.29, 1.82) is 0 Å². The molecule has 3 atom stereocenters. The highest BCUT2D eigenvalue weighted by Gasteiger charge is 2.12. The van der Waals surface area contributed by atoms with Crippen LogP contribution >= 0.6 is 0 Å². The molecule has 0 fully saturated rings. The summed E-state index contributed by atoms with van der Waals surface area (Å²) in [5.74, 6) is 1.36. The lowest BCUT2D eigenvalue weighted by molar-refractivity contribution is 0.150. The number of hydrogen-bond donors (Lipinski definition) is 1. The number of hydrogen-bond acceptors (Lipinski definition) is 2. The van der Waals surface area contributed by atoms with E-state index in [2.05, 4.69) is 20.8 Å². The molecule has 0 aromatic rings. The molecule has 2 N–H and O–H groups in total.